The summed E-state index contributed by atoms with van der Waals surface area (Å²) in [6.45, 7) is 0. The van der Waals surface area contributed by atoms with Crippen molar-refractivity contribution in [1.82, 2.24) is 0 Å². The van der Waals surface area contributed by atoms with E-state index in [1.165, 1.54) is 0 Å². The molecule has 3 heteroatoms. The molecule has 1 atom stereocenters. The Kier molecular flexibility index (Phi) is 6.04. The molecule has 0 radical (unpaired) electrons. The van der Waals surface area contributed by atoms with Gasteiger partial charge in [0.25, 0.3) is 0 Å². The van der Waals surface area contributed by atoms with E-state index in [0.717, 1.165) is 0 Å². The van der Waals surface area contributed by atoms with Gasteiger partial charge in [-0.25, -0.2) is 0 Å². The average molecular weight is 280 g/mol. The number of hydrogen-bond donors (Lipinski definition) is 0. The molecular formula is C3H3As2Zr-. The van der Waals surface area contributed by atoms with E-state index < -0.39 is 0 Å². The molecule has 1 rings (SSSR count). The van der Waals surface area contributed by atoms with Crippen LogP contribution in [0.4, 0.5) is 0 Å². The Labute approximate surface area is 68.1 Å². The largest absolute Gasteiger partial charge is 0 e. The van der Waals surface area contributed by atoms with Crippen molar-refractivity contribution in [3.63, 3.8) is 0 Å². The van der Waals surface area contributed by atoms with Crippen LogP contribution in [0.1, 0.15) is 0 Å². The van der Waals surface area contributed by atoms with Crippen LogP contribution in [-0.4, -0.2) is 31.7 Å². The average Bonchev–Trinajstić information content (AvgIpc) is 1.76. The van der Waals surface area contributed by atoms with Gasteiger partial charge in [0.05, 0.1) is 0 Å². The summed E-state index contributed by atoms with van der Waals surface area (Å²) in [6.07, 6.45) is 2.08. The van der Waals surface area contributed by atoms with E-state index in [1.807, 2.05) is 0 Å². The van der Waals surface area contributed by atoms with Gasteiger partial charge in [-0.2, -0.15) is 0 Å². The summed E-state index contributed by atoms with van der Waals surface area (Å²) in [7, 11) is 0. The number of allylic oxidation sites excluding steroid dienone is 1. The van der Waals surface area contributed by atoms with Gasteiger partial charge in [-0.1, -0.05) is 0 Å². The first-order valence-electron chi connectivity index (χ1n) is 1.36. The molecule has 1 aliphatic rings. The molecule has 0 saturated carbocycles. The first-order valence-corrected chi connectivity index (χ1v) is 9.32. The van der Waals surface area contributed by atoms with Crippen LogP contribution >= 0.6 is 0 Å². The first-order chi connectivity index (χ1) is 2.50. The van der Waals surface area contributed by atoms with E-state index in [4.69, 9.17) is 0 Å². The van der Waals surface area contributed by atoms with Crippen molar-refractivity contribution in [2.75, 3.05) is 0 Å². The maximum atomic E-state index is 3.19. The van der Waals surface area contributed by atoms with Crippen LogP contribution < -0.4 is 0 Å². The molecule has 0 fully saturated rings. The third kappa shape index (κ3) is 2.73. The van der Waals surface area contributed by atoms with Gasteiger partial charge in [-0.3, -0.25) is 0 Å². The predicted octanol–water partition coefficient (Wildman–Crippen LogP) is -0.754. The molecule has 0 saturated heterocycles. The Bertz CT molecular complexity index is 66.9. The minimum absolute atomic E-state index is 0. The molecule has 1 heterocycles. The molecule has 0 aromatic heterocycles. The Morgan fingerprint density at radius 1 is 1.67 bits per heavy atom. The van der Waals surface area contributed by atoms with Gasteiger partial charge in [0.1, 0.15) is 0 Å². The molecule has 0 amide bonds. The van der Waals surface area contributed by atoms with Crippen LogP contribution in [0.15, 0.2) is 10.9 Å². The zero-order valence-electron chi connectivity index (χ0n) is 3.10. The van der Waals surface area contributed by atoms with Gasteiger partial charge in [-0.15, -0.1) is 0 Å². The van der Waals surface area contributed by atoms with Gasteiger partial charge in [-0.05, 0) is 0 Å². The minimum Gasteiger partial charge on any atom is 0 e. The molecule has 0 bridgehead atoms. The molecular weight excluding hydrogens is 277 g/mol. The smallest absolute Gasteiger partial charge is 0 e. The molecule has 1 aliphatic heterocycles. The van der Waals surface area contributed by atoms with E-state index in [-0.39, 0.29) is 26.2 Å². The quantitative estimate of drug-likeness (QED) is 0.404. The standard InChI is InChI=1S/C3H3As2.Zr/c1-2-4-5-3-1;/h1-2,4H;/q-1;. The normalized spacial score (nSPS) is 21.3. The molecule has 0 aromatic carbocycles. The van der Waals surface area contributed by atoms with Crippen molar-refractivity contribution < 1.29 is 26.2 Å². The molecule has 30 valence electrons. The van der Waals surface area contributed by atoms with E-state index in [2.05, 4.69) is 15.7 Å². The third-order valence-corrected chi connectivity index (χ3v) is 6.32. The van der Waals surface area contributed by atoms with Crippen LogP contribution in [-0.2, 0) is 26.2 Å². The fraction of sp³-hybridized carbons (Fsp3) is 0. The van der Waals surface area contributed by atoms with E-state index in [0.29, 0.717) is 26.9 Å². The molecule has 0 spiro atoms. The van der Waals surface area contributed by atoms with Gasteiger partial charge in [0.2, 0.25) is 0 Å². The monoisotopic (exact) mass is 279 g/mol. The van der Waals surface area contributed by atoms with Gasteiger partial charge < -0.3 is 0 Å². The van der Waals surface area contributed by atoms with Crippen LogP contribution in [0.2, 0.25) is 0 Å². The van der Waals surface area contributed by atoms with E-state index in [9.17, 15) is 0 Å². The molecule has 0 nitrogen and oxygen atoms in total. The Morgan fingerprint density at radius 2 is 2.50 bits per heavy atom. The zero-order valence-corrected chi connectivity index (χ0v) is 9.53. The van der Waals surface area contributed by atoms with Crippen molar-refractivity contribution in [3.8, 4) is 0 Å². The summed E-state index contributed by atoms with van der Waals surface area (Å²) in [6, 6.07) is 0. The fourth-order valence-corrected chi connectivity index (χ4v) is 5.03. The summed E-state index contributed by atoms with van der Waals surface area (Å²) in [5.41, 5.74) is 0. The van der Waals surface area contributed by atoms with E-state index in [1.54, 1.807) is 0 Å². The van der Waals surface area contributed by atoms with Crippen molar-refractivity contribution in [2.24, 2.45) is 0 Å². The maximum absolute atomic E-state index is 3.19. The van der Waals surface area contributed by atoms with Gasteiger partial charge in [0.15, 0.2) is 0 Å². The third-order valence-electron chi connectivity index (χ3n) is 0.362. The zero-order chi connectivity index (χ0) is 3.54. The summed E-state index contributed by atoms with van der Waals surface area (Å²) < 4.78 is 0. The van der Waals surface area contributed by atoms with Crippen molar-refractivity contribution >= 4 is 31.7 Å². The van der Waals surface area contributed by atoms with Gasteiger partial charge >= 0.3 is 42.7 Å². The summed E-state index contributed by atoms with van der Waals surface area (Å²) in [5.74, 6) is 0. The molecule has 0 aliphatic carbocycles. The Hall–Kier alpha value is 1.61. The summed E-state index contributed by atoms with van der Waals surface area (Å²) in [5, 5.41) is 0. The van der Waals surface area contributed by atoms with Crippen molar-refractivity contribution in [2.45, 2.75) is 0 Å². The van der Waals surface area contributed by atoms with Crippen LogP contribution in [0.25, 0.3) is 0 Å². The number of hydrogen-bond acceptors (Lipinski definition) is 0. The first kappa shape index (κ1) is 7.61. The van der Waals surface area contributed by atoms with Crippen molar-refractivity contribution in [3.05, 3.63) is 10.9 Å². The molecule has 0 aromatic rings. The summed E-state index contributed by atoms with van der Waals surface area (Å²) in [4.78, 5) is 5.48. The van der Waals surface area contributed by atoms with Crippen LogP contribution in [0, 0.1) is 0 Å². The molecule has 1 unspecified atom stereocenters. The minimum atomic E-state index is 0. The second-order valence-corrected chi connectivity index (χ2v) is 8.21. The van der Waals surface area contributed by atoms with Gasteiger partial charge in [0, 0.05) is 26.2 Å². The van der Waals surface area contributed by atoms with Crippen molar-refractivity contribution in [1.29, 1.82) is 0 Å². The second kappa shape index (κ2) is 4.76. The summed E-state index contributed by atoms with van der Waals surface area (Å²) >= 11 is 1.06. The predicted molar refractivity (Wildman–Crippen MR) is 27.0 cm³/mol. The topological polar surface area (TPSA) is 0 Å². The Morgan fingerprint density at radius 3 is 2.67 bits per heavy atom. The SMILES string of the molecule is [C-]1=[As][AsH]C=C1.[Zr]. The molecule has 6 heavy (non-hydrogen) atoms. The van der Waals surface area contributed by atoms with Crippen LogP contribution in [0.5, 0.6) is 0 Å². The molecule has 0 N–H and O–H groups in total. The second-order valence-electron chi connectivity index (χ2n) is 0.703. The maximum Gasteiger partial charge on any atom is 0 e. The van der Waals surface area contributed by atoms with E-state index >= 15 is 0 Å². The Balaban J connectivity index is 0.000000250. The van der Waals surface area contributed by atoms with Crippen LogP contribution in [0.3, 0.4) is 0 Å². The number of rotatable bonds is 0. The fourth-order valence-electron chi connectivity index (χ4n) is 0.186.